The maximum absolute atomic E-state index is 9.65. The van der Waals surface area contributed by atoms with Crippen LogP contribution in [0, 0.1) is 22.7 Å². The van der Waals surface area contributed by atoms with Crippen molar-refractivity contribution in [1.29, 1.82) is 10.5 Å². The number of para-hydroxylation sites is 2. The summed E-state index contributed by atoms with van der Waals surface area (Å²) in [5.41, 5.74) is 11.5. The van der Waals surface area contributed by atoms with Crippen molar-refractivity contribution in [3.8, 4) is 34.6 Å². The fraction of sp³-hybridized carbons (Fsp3) is 0. The van der Waals surface area contributed by atoms with Crippen LogP contribution in [0.1, 0.15) is 11.1 Å². The van der Waals surface area contributed by atoms with Crippen LogP contribution in [-0.2, 0) is 0 Å². The van der Waals surface area contributed by atoms with E-state index in [1.54, 1.807) is 6.07 Å². The highest BCUT2D eigenvalue weighted by molar-refractivity contribution is 6.27. The number of aromatic nitrogens is 2. The van der Waals surface area contributed by atoms with Crippen LogP contribution >= 0.6 is 0 Å². The number of nitrogens with zero attached hydrogens (tertiary/aromatic N) is 4. The Morgan fingerprint density at radius 2 is 0.959 bits per heavy atom. The van der Waals surface area contributed by atoms with Crippen LogP contribution in [0.2, 0.25) is 0 Å². The predicted octanol–water partition coefficient (Wildman–Crippen LogP) is 11.2. The zero-order valence-electron chi connectivity index (χ0n) is 26.1. The van der Waals surface area contributed by atoms with Crippen molar-refractivity contribution in [3.05, 3.63) is 157 Å². The monoisotopic (exact) mass is 624 g/mol. The third kappa shape index (κ3) is 3.91. The fourth-order valence-corrected chi connectivity index (χ4v) is 7.64. The lowest BCUT2D eigenvalue weighted by Crippen LogP contribution is -1.96. The molecule has 5 nitrogen and oxygen atoms in total. The summed E-state index contributed by atoms with van der Waals surface area (Å²) in [4.78, 5) is 0. The highest BCUT2D eigenvalue weighted by Crippen LogP contribution is 2.42. The zero-order chi connectivity index (χ0) is 32.6. The van der Waals surface area contributed by atoms with Crippen molar-refractivity contribution in [2.45, 2.75) is 0 Å². The second-order valence-electron chi connectivity index (χ2n) is 12.4. The largest absolute Gasteiger partial charge is 0.456 e. The van der Waals surface area contributed by atoms with Gasteiger partial charge in [0.05, 0.1) is 45.3 Å². The molecule has 0 radical (unpaired) electrons. The van der Waals surface area contributed by atoms with Gasteiger partial charge in [0.2, 0.25) is 0 Å². The SMILES string of the molecule is N#Cc1ccc2oc3ccc4c(c5ccccc5n4-c4cccc(-c5cccc(-n6c7ccccc7c7cc(C#N)ccc76)c5)c4)c3c2c1. The Labute approximate surface area is 280 Å². The molecule has 3 heterocycles. The second-order valence-corrected chi connectivity index (χ2v) is 12.4. The topological polar surface area (TPSA) is 70.6 Å². The Morgan fingerprint density at radius 1 is 0.408 bits per heavy atom. The van der Waals surface area contributed by atoms with E-state index in [1.165, 1.54) is 0 Å². The lowest BCUT2D eigenvalue weighted by Gasteiger charge is -2.12. The molecule has 0 fully saturated rings. The molecule has 0 aliphatic carbocycles. The fourth-order valence-electron chi connectivity index (χ4n) is 7.64. The minimum Gasteiger partial charge on any atom is -0.456 e. The first-order valence-electron chi connectivity index (χ1n) is 16.1. The molecule has 3 aromatic heterocycles. The number of hydrogen-bond donors (Lipinski definition) is 0. The van der Waals surface area contributed by atoms with Gasteiger partial charge in [-0.05, 0) is 96.1 Å². The molecule has 0 unspecified atom stereocenters. The normalized spacial score (nSPS) is 11.6. The minimum absolute atomic E-state index is 0.610. The van der Waals surface area contributed by atoms with E-state index in [9.17, 15) is 10.5 Å². The van der Waals surface area contributed by atoms with Gasteiger partial charge in [-0.15, -0.1) is 0 Å². The number of rotatable bonds is 3. The van der Waals surface area contributed by atoms with Crippen LogP contribution in [-0.4, -0.2) is 9.13 Å². The molecule has 7 aromatic carbocycles. The summed E-state index contributed by atoms with van der Waals surface area (Å²) in [5.74, 6) is 0. The smallest absolute Gasteiger partial charge is 0.136 e. The Bertz CT molecular complexity index is 3090. The van der Waals surface area contributed by atoms with Crippen molar-refractivity contribution in [2.75, 3.05) is 0 Å². The molecule has 0 N–H and O–H groups in total. The summed E-state index contributed by atoms with van der Waals surface area (Å²) < 4.78 is 10.9. The third-order valence-corrected chi connectivity index (χ3v) is 9.74. The Balaban J connectivity index is 1.17. The first-order valence-corrected chi connectivity index (χ1v) is 16.1. The number of furan rings is 1. The third-order valence-electron chi connectivity index (χ3n) is 9.74. The molecule has 0 spiro atoms. The molecule has 0 saturated heterocycles. The van der Waals surface area contributed by atoms with Gasteiger partial charge in [-0.2, -0.15) is 10.5 Å². The molecule has 0 aliphatic rings. The van der Waals surface area contributed by atoms with E-state index in [1.807, 2.05) is 42.5 Å². The van der Waals surface area contributed by atoms with Gasteiger partial charge in [-0.1, -0.05) is 60.7 Å². The van der Waals surface area contributed by atoms with Gasteiger partial charge in [0.1, 0.15) is 11.2 Å². The van der Waals surface area contributed by atoms with Gasteiger partial charge in [0, 0.05) is 43.7 Å². The van der Waals surface area contributed by atoms with E-state index in [-0.39, 0.29) is 0 Å². The van der Waals surface area contributed by atoms with Gasteiger partial charge in [-0.3, -0.25) is 0 Å². The van der Waals surface area contributed by atoms with Crippen LogP contribution < -0.4 is 0 Å². The molecule has 10 aromatic rings. The van der Waals surface area contributed by atoms with Crippen molar-refractivity contribution in [1.82, 2.24) is 9.13 Å². The molecule has 0 bridgehead atoms. The zero-order valence-corrected chi connectivity index (χ0v) is 26.1. The van der Waals surface area contributed by atoms with E-state index >= 15 is 0 Å². The maximum Gasteiger partial charge on any atom is 0.136 e. The number of benzene rings is 7. The number of fused-ring (bicyclic) bond motifs is 10. The van der Waals surface area contributed by atoms with Gasteiger partial charge in [0.25, 0.3) is 0 Å². The highest BCUT2D eigenvalue weighted by Gasteiger charge is 2.19. The molecule has 0 aliphatic heterocycles. The van der Waals surface area contributed by atoms with Crippen molar-refractivity contribution < 1.29 is 4.42 Å². The molecule has 0 amide bonds. The van der Waals surface area contributed by atoms with Crippen LogP contribution in [0.5, 0.6) is 0 Å². The average Bonchev–Trinajstić information content (AvgIpc) is 3.81. The maximum atomic E-state index is 9.65. The van der Waals surface area contributed by atoms with E-state index in [0.717, 1.165) is 88.1 Å². The summed E-state index contributed by atoms with van der Waals surface area (Å²) >= 11 is 0. The highest BCUT2D eigenvalue weighted by atomic mass is 16.3. The Hall–Kier alpha value is -7.08. The molecule has 0 atom stereocenters. The Kier molecular flexibility index (Phi) is 5.64. The van der Waals surface area contributed by atoms with E-state index in [4.69, 9.17) is 4.42 Å². The molecule has 10 rings (SSSR count). The summed E-state index contributed by atoms with van der Waals surface area (Å²) in [5, 5.41) is 25.6. The van der Waals surface area contributed by atoms with Gasteiger partial charge < -0.3 is 13.6 Å². The molecular weight excluding hydrogens is 601 g/mol. The summed E-state index contributed by atoms with van der Waals surface area (Å²) in [6.07, 6.45) is 0. The lowest BCUT2D eigenvalue weighted by atomic mass is 10.0. The van der Waals surface area contributed by atoms with Crippen LogP contribution in [0.25, 0.3) is 88.1 Å². The van der Waals surface area contributed by atoms with E-state index < -0.39 is 0 Å². The van der Waals surface area contributed by atoms with E-state index in [2.05, 4.69) is 118 Å². The second kappa shape index (κ2) is 10.2. The molecule has 49 heavy (non-hydrogen) atoms. The van der Waals surface area contributed by atoms with Crippen molar-refractivity contribution >= 4 is 65.6 Å². The van der Waals surface area contributed by atoms with Gasteiger partial charge >= 0.3 is 0 Å². The predicted molar refractivity (Wildman–Crippen MR) is 197 cm³/mol. The van der Waals surface area contributed by atoms with Crippen LogP contribution in [0.3, 0.4) is 0 Å². The molecule has 0 saturated carbocycles. The number of hydrogen-bond acceptors (Lipinski definition) is 3. The van der Waals surface area contributed by atoms with Crippen molar-refractivity contribution in [2.24, 2.45) is 0 Å². The van der Waals surface area contributed by atoms with E-state index in [0.29, 0.717) is 11.1 Å². The first-order chi connectivity index (χ1) is 24.2. The summed E-state index contributed by atoms with van der Waals surface area (Å²) in [6, 6.07) is 54.5. The summed E-state index contributed by atoms with van der Waals surface area (Å²) in [7, 11) is 0. The van der Waals surface area contributed by atoms with Crippen molar-refractivity contribution in [3.63, 3.8) is 0 Å². The van der Waals surface area contributed by atoms with Crippen LogP contribution in [0.4, 0.5) is 0 Å². The summed E-state index contributed by atoms with van der Waals surface area (Å²) in [6.45, 7) is 0. The molecule has 226 valence electrons. The first kappa shape index (κ1) is 27.1. The number of nitriles is 2. The van der Waals surface area contributed by atoms with Gasteiger partial charge in [0.15, 0.2) is 0 Å². The van der Waals surface area contributed by atoms with Crippen LogP contribution in [0.15, 0.2) is 150 Å². The van der Waals surface area contributed by atoms with Gasteiger partial charge in [-0.25, -0.2) is 0 Å². The minimum atomic E-state index is 0.610. The molecular formula is C44H24N4O. The lowest BCUT2D eigenvalue weighted by molar-refractivity contribution is 0.669. The quantitative estimate of drug-likeness (QED) is 0.196. The standard InChI is InChI=1S/C44H24N4O/c45-25-27-15-17-39-35(21-27)33-11-1-3-13-37(33)47(39)31-9-5-7-29(23-31)30-8-6-10-32(24-30)48-38-14-4-2-12-34(38)43-40(48)18-20-42-44(43)36-22-28(26-46)16-19-41(36)49-42/h1-24H. The molecule has 5 heteroatoms. The average molecular weight is 625 g/mol. The Morgan fingerprint density at radius 3 is 1.67 bits per heavy atom.